The smallest absolute Gasteiger partial charge is 0.125 e. The lowest BCUT2D eigenvalue weighted by molar-refractivity contribution is 0.0466. The molecule has 2 heterocycles. The Balaban J connectivity index is 1.96. The molecular formula is C13H17ClN2O. The maximum Gasteiger partial charge on any atom is 0.125 e. The first-order valence-electron chi connectivity index (χ1n) is 6.01. The second-order valence-electron chi connectivity index (χ2n) is 5.27. The minimum absolute atomic E-state index is 0.0314. The van der Waals surface area contributed by atoms with Crippen LogP contribution in [0.1, 0.15) is 24.4 Å². The molecule has 1 saturated heterocycles. The summed E-state index contributed by atoms with van der Waals surface area (Å²) < 4.78 is 6.20. The Morgan fingerprint density at radius 3 is 3.06 bits per heavy atom. The van der Waals surface area contributed by atoms with Crippen molar-refractivity contribution in [3.8, 4) is 5.75 Å². The highest BCUT2D eigenvalue weighted by molar-refractivity contribution is 6.30. The second kappa shape index (κ2) is 3.87. The van der Waals surface area contributed by atoms with Crippen LogP contribution in [0.3, 0.4) is 0 Å². The van der Waals surface area contributed by atoms with E-state index >= 15 is 0 Å². The largest absolute Gasteiger partial charge is 0.485 e. The van der Waals surface area contributed by atoms with Gasteiger partial charge in [-0.3, -0.25) is 0 Å². The Hall–Kier alpha value is -0.770. The first-order valence-corrected chi connectivity index (χ1v) is 6.38. The summed E-state index contributed by atoms with van der Waals surface area (Å²) in [7, 11) is 2.13. The lowest BCUT2D eigenvalue weighted by Gasteiger charge is -2.38. The lowest BCUT2D eigenvalue weighted by Crippen LogP contribution is -2.44. The molecular weight excluding hydrogens is 236 g/mol. The van der Waals surface area contributed by atoms with Crippen molar-refractivity contribution in [2.24, 2.45) is 5.73 Å². The molecule has 2 aliphatic heterocycles. The van der Waals surface area contributed by atoms with Gasteiger partial charge in [-0.05, 0) is 25.2 Å². The first-order chi connectivity index (χ1) is 8.08. The average Bonchev–Trinajstić information content (AvgIpc) is 2.61. The van der Waals surface area contributed by atoms with Crippen LogP contribution in [0.4, 0.5) is 0 Å². The number of rotatable bonds is 0. The molecule has 1 aromatic carbocycles. The number of ether oxygens (including phenoxy) is 1. The summed E-state index contributed by atoms with van der Waals surface area (Å²) in [6.07, 6.45) is 1.93. The van der Waals surface area contributed by atoms with E-state index in [1.807, 2.05) is 18.2 Å². The fourth-order valence-corrected chi connectivity index (χ4v) is 3.16. The molecule has 0 amide bonds. The van der Waals surface area contributed by atoms with E-state index in [0.717, 1.165) is 42.3 Å². The molecule has 3 rings (SSSR count). The third-order valence-corrected chi connectivity index (χ3v) is 4.03. The van der Waals surface area contributed by atoms with Crippen LogP contribution in [-0.2, 0) is 0 Å². The van der Waals surface area contributed by atoms with Crippen LogP contribution < -0.4 is 10.5 Å². The van der Waals surface area contributed by atoms with Gasteiger partial charge in [0.05, 0.1) is 0 Å². The van der Waals surface area contributed by atoms with Crippen LogP contribution in [0.5, 0.6) is 5.75 Å². The van der Waals surface area contributed by atoms with Gasteiger partial charge in [0.25, 0.3) is 0 Å². The van der Waals surface area contributed by atoms with Gasteiger partial charge in [0.15, 0.2) is 0 Å². The standard InChI is InChI=1S/C13H17ClN2O/c1-16-5-4-13(8-16)7-11(15)10-6-9(14)2-3-12(10)17-13/h2-3,6,11H,4-5,7-8,15H2,1H3/t11-,13?/m1/s1. The number of hydrogen-bond donors (Lipinski definition) is 1. The van der Waals surface area contributed by atoms with Gasteiger partial charge >= 0.3 is 0 Å². The number of nitrogens with zero attached hydrogens (tertiary/aromatic N) is 1. The minimum Gasteiger partial charge on any atom is -0.485 e. The van der Waals surface area contributed by atoms with Gasteiger partial charge in [0, 0.05) is 42.6 Å². The molecule has 0 aromatic heterocycles. The number of fused-ring (bicyclic) bond motifs is 1. The van der Waals surface area contributed by atoms with Crippen molar-refractivity contribution in [2.75, 3.05) is 20.1 Å². The van der Waals surface area contributed by atoms with Crippen LogP contribution in [-0.4, -0.2) is 30.6 Å². The molecule has 2 atom stereocenters. The van der Waals surface area contributed by atoms with Crippen molar-refractivity contribution >= 4 is 11.6 Å². The molecule has 1 aromatic rings. The van der Waals surface area contributed by atoms with Gasteiger partial charge in [-0.2, -0.15) is 0 Å². The number of benzene rings is 1. The fraction of sp³-hybridized carbons (Fsp3) is 0.538. The molecule has 1 unspecified atom stereocenters. The van der Waals surface area contributed by atoms with Gasteiger partial charge in [-0.25, -0.2) is 0 Å². The van der Waals surface area contributed by atoms with E-state index in [0.29, 0.717) is 0 Å². The summed E-state index contributed by atoms with van der Waals surface area (Å²) in [6.45, 7) is 2.04. The van der Waals surface area contributed by atoms with Gasteiger partial charge in [0.1, 0.15) is 11.4 Å². The molecule has 92 valence electrons. The molecule has 3 nitrogen and oxygen atoms in total. The monoisotopic (exact) mass is 252 g/mol. The zero-order valence-electron chi connectivity index (χ0n) is 9.95. The molecule has 2 N–H and O–H groups in total. The third kappa shape index (κ3) is 1.92. The Morgan fingerprint density at radius 2 is 2.35 bits per heavy atom. The Kier molecular flexibility index (Phi) is 2.58. The number of halogens is 1. The van der Waals surface area contributed by atoms with E-state index in [-0.39, 0.29) is 11.6 Å². The Labute approximate surface area is 106 Å². The predicted molar refractivity (Wildman–Crippen MR) is 68.5 cm³/mol. The molecule has 0 radical (unpaired) electrons. The molecule has 0 aliphatic carbocycles. The summed E-state index contributed by atoms with van der Waals surface area (Å²) in [5, 5.41) is 0.724. The molecule has 17 heavy (non-hydrogen) atoms. The van der Waals surface area contributed by atoms with Gasteiger partial charge in [-0.15, -0.1) is 0 Å². The predicted octanol–water partition coefficient (Wildman–Crippen LogP) is 2.20. The van der Waals surface area contributed by atoms with E-state index in [1.165, 1.54) is 0 Å². The maximum absolute atomic E-state index is 6.26. The number of nitrogens with two attached hydrogens (primary N) is 1. The summed E-state index contributed by atoms with van der Waals surface area (Å²) in [6, 6.07) is 5.76. The molecule has 1 fully saturated rings. The first kappa shape index (κ1) is 11.3. The zero-order chi connectivity index (χ0) is 12.0. The zero-order valence-corrected chi connectivity index (χ0v) is 10.7. The maximum atomic E-state index is 6.26. The highest BCUT2D eigenvalue weighted by Crippen LogP contribution is 2.43. The lowest BCUT2D eigenvalue weighted by atomic mass is 9.87. The van der Waals surface area contributed by atoms with Crippen LogP contribution in [0, 0.1) is 0 Å². The summed E-state index contributed by atoms with van der Waals surface area (Å²) >= 11 is 6.00. The van der Waals surface area contributed by atoms with Crippen molar-refractivity contribution in [2.45, 2.75) is 24.5 Å². The second-order valence-corrected chi connectivity index (χ2v) is 5.70. The third-order valence-electron chi connectivity index (χ3n) is 3.80. The van der Waals surface area contributed by atoms with Crippen molar-refractivity contribution in [1.29, 1.82) is 0 Å². The number of likely N-dealkylation sites (N-methyl/N-ethyl adjacent to an activating group) is 1. The quantitative estimate of drug-likeness (QED) is 0.769. The Morgan fingerprint density at radius 1 is 1.53 bits per heavy atom. The van der Waals surface area contributed by atoms with E-state index in [4.69, 9.17) is 22.1 Å². The summed E-state index contributed by atoms with van der Waals surface area (Å²) in [5.41, 5.74) is 7.21. The normalized spacial score (nSPS) is 32.5. The van der Waals surface area contributed by atoms with Crippen molar-refractivity contribution in [1.82, 2.24) is 4.90 Å². The van der Waals surface area contributed by atoms with E-state index < -0.39 is 0 Å². The topological polar surface area (TPSA) is 38.5 Å². The summed E-state index contributed by atoms with van der Waals surface area (Å²) in [5.74, 6) is 0.906. The Bertz CT molecular complexity index is 451. The van der Waals surface area contributed by atoms with Crippen LogP contribution in [0.15, 0.2) is 18.2 Å². The van der Waals surface area contributed by atoms with Crippen LogP contribution in [0.25, 0.3) is 0 Å². The van der Waals surface area contributed by atoms with Crippen LogP contribution >= 0.6 is 11.6 Å². The number of likely N-dealkylation sites (tertiary alicyclic amines) is 1. The molecule has 0 bridgehead atoms. The summed E-state index contributed by atoms with van der Waals surface area (Å²) in [4.78, 5) is 2.30. The fourth-order valence-electron chi connectivity index (χ4n) is 2.98. The number of hydrogen-bond acceptors (Lipinski definition) is 3. The van der Waals surface area contributed by atoms with E-state index in [1.54, 1.807) is 0 Å². The van der Waals surface area contributed by atoms with Gasteiger partial charge < -0.3 is 15.4 Å². The molecule has 1 spiro atoms. The highest BCUT2D eigenvalue weighted by atomic mass is 35.5. The molecule has 2 aliphatic rings. The molecule has 4 heteroatoms. The highest BCUT2D eigenvalue weighted by Gasteiger charge is 2.44. The van der Waals surface area contributed by atoms with Gasteiger partial charge in [-0.1, -0.05) is 11.6 Å². The van der Waals surface area contributed by atoms with Crippen LogP contribution in [0.2, 0.25) is 5.02 Å². The van der Waals surface area contributed by atoms with Gasteiger partial charge in [0.2, 0.25) is 0 Å². The van der Waals surface area contributed by atoms with Crippen molar-refractivity contribution in [3.05, 3.63) is 28.8 Å². The average molecular weight is 253 g/mol. The minimum atomic E-state index is -0.0883. The van der Waals surface area contributed by atoms with Crippen molar-refractivity contribution < 1.29 is 4.74 Å². The SMILES string of the molecule is CN1CCC2(C[C@@H](N)c3cc(Cl)ccc3O2)C1. The van der Waals surface area contributed by atoms with E-state index in [9.17, 15) is 0 Å². The van der Waals surface area contributed by atoms with E-state index in [2.05, 4.69) is 11.9 Å². The van der Waals surface area contributed by atoms with Crippen molar-refractivity contribution in [3.63, 3.8) is 0 Å². The molecule has 0 saturated carbocycles.